The second-order valence-corrected chi connectivity index (χ2v) is 2.65. The molecule has 44 valence electrons. The van der Waals surface area contributed by atoms with Gasteiger partial charge in [0, 0.05) is 11.9 Å². The number of H-pyrrole nitrogens is 1. The minimum absolute atomic E-state index is 0.368. The molecular weight excluding hydrogens is 109 g/mol. The van der Waals surface area contributed by atoms with Crippen LogP contribution in [0.3, 0.4) is 0 Å². The third-order valence-electron chi connectivity index (χ3n) is 1.88. The molecule has 1 N–H and O–H groups in total. The normalized spacial score (nSPS) is 24.2. The predicted molar refractivity (Wildman–Crippen MR) is 37.7 cm³/mol. The van der Waals surface area contributed by atoms with Crippen LogP contribution < -0.4 is 0 Å². The van der Waals surface area contributed by atoms with Crippen LogP contribution in [0.5, 0.6) is 0 Å². The van der Waals surface area contributed by atoms with Crippen LogP contribution in [0.25, 0.3) is 0 Å². The van der Waals surface area contributed by atoms with Crippen LogP contribution in [-0.2, 0) is 12.8 Å². The smallest absolute Gasteiger partial charge is 0.0709 e. The van der Waals surface area contributed by atoms with E-state index >= 15 is 0 Å². The highest BCUT2D eigenvalue weighted by atomic mass is 14.7. The van der Waals surface area contributed by atoms with Crippen molar-refractivity contribution < 1.29 is 0 Å². The first-order valence-electron chi connectivity index (χ1n) is 3.27. The van der Waals surface area contributed by atoms with Gasteiger partial charge in [-0.05, 0) is 24.5 Å². The summed E-state index contributed by atoms with van der Waals surface area (Å²) in [6, 6.07) is 2.11. The molecular formula is C7H8BN. The molecule has 9 heavy (non-hydrogen) atoms. The van der Waals surface area contributed by atoms with Gasteiger partial charge in [0.2, 0.25) is 0 Å². The lowest BCUT2D eigenvalue weighted by Crippen LogP contribution is -1.89. The topological polar surface area (TPSA) is 15.8 Å². The summed E-state index contributed by atoms with van der Waals surface area (Å²) >= 11 is 0. The van der Waals surface area contributed by atoms with Gasteiger partial charge in [0.15, 0.2) is 0 Å². The van der Waals surface area contributed by atoms with Crippen LogP contribution >= 0.6 is 0 Å². The van der Waals surface area contributed by atoms with E-state index in [1.54, 1.807) is 0 Å². The highest BCUT2D eigenvalue weighted by Gasteiger charge is 2.16. The van der Waals surface area contributed by atoms with Crippen molar-refractivity contribution in [2.75, 3.05) is 0 Å². The second kappa shape index (κ2) is 1.66. The first-order valence-corrected chi connectivity index (χ1v) is 3.27. The summed E-state index contributed by atoms with van der Waals surface area (Å²) in [4.78, 5) is 3.17. The Kier molecular flexibility index (Phi) is 0.951. The molecule has 1 nitrogen and oxygen atoms in total. The molecule has 0 saturated carbocycles. The third-order valence-corrected chi connectivity index (χ3v) is 1.88. The Bertz CT molecular complexity index is 196. The van der Waals surface area contributed by atoms with E-state index in [0.29, 0.717) is 5.82 Å². The van der Waals surface area contributed by atoms with Gasteiger partial charge in [0.25, 0.3) is 0 Å². The molecule has 2 radical (unpaired) electrons. The fraction of sp³-hybridized carbons (Fsp3) is 0.429. The Morgan fingerprint density at radius 3 is 3.22 bits per heavy atom. The Morgan fingerprint density at radius 1 is 1.56 bits per heavy atom. The monoisotopic (exact) mass is 117 g/mol. The molecule has 1 atom stereocenters. The van der Waals surface area contributed by atoms with Crippen LogP contribution in [0.1, 0.15) is 11.3 Å². The predicted octanol–water partition coefficient (Wildman–Crippen LogP) is 1.07. The van der Waals surface area contributed by atoms with E-state index in [1.807, 2.05) is 6.20 Å². The van der Waals surface area contributed by atoms with E-state index in [-0.39, 0.29) is 0 Å². The highest BCUT2D eigenvalue weighted by molar-refractivity contribution is 6.12. The quantitative estimate of drug-likeness (QED) is 0.489. The first-order chi connectivity index (χ1) is 4.36. The molecule has 0 aliphatic heterocycles. The Morgan fingerprint density at radius 2 is 2.44 bits per heavy atom. The van der Waals surface area contributed by atoms with Gasteiger partial charge in [-0.25, -0.2) is 0 Å². The molecule has 0 spiro atoms. The van der Waals surface area contributed by atoms with Gasteiger partial charge in [-0.2, -0.15) is 0 Å². The van der Waals surface area contributed by atoms with Crippen LogP contribution in [0, 0.1) is 0 Å². The standard InChI is InChI=1S/C7H8BN/c8-6-3-5-1-2-9-7(5)4-6/h1-2,6,9H,3-4H2. The van der Waals surface area contributed by atoms with Gasteiger partial charge in [-0.1, -0.05) is 5.82 Å². The van der Waals surface area contributed by atoms with Crippen molar-refractivity contribution in [3.8, 4) is 0 Å². The maximum absolute atomic E-state index is 5.71. The van der Waals surface area contributed by atoms with Crippen LogP contribution in [-0.4, -0.2) is 12.8 Å². The summed E-state index contributed by atoms with van der Waals surface area (Å²) < 4.78 is 0. The van der Waals surface area contributed by atoms with Crippen molar-refractivity contribution in [1.82, 2.24) is 4.98 Å². The summed E-state index contributed by atoms with van der Waals surface area (Å²) in [5.41, 5.74) is 2.74. The van der Waals surface area contributed by atoms with Crippen molar-refractivity contribution in [3.05, 3.63) is 23.5 Å². The van der Waals surface area contributed by atoms with Crippen LogP contribution in [0.4, 0.5) is 0 Å². The lowest BCUT2D eigenvalue weighted by atomic mass is 9.85. The fourth-order valence-corrected chi connectivity index (χ4v) is 1.43. The SMILES string of the molecule is [B]C1Cc2cc[nH]c2C1. The first kappa shape index (κ1) is 5.16. The molecule has 0 aromatic carbocycles. The molecule has 2 rings (SSSR count). The van der Waals surface area contributed by atoms with Gasteiger partial charge in [-0.15, -0.1) is 0 Å². The maximum Gasteiger partial charge on any atom is 0.0709 e. The Hall–Kier alpha value is -0.655. The van der Waals surface area contributed by atoms with Crippen molar-refractivity contribution >= 4 is 7.85 Å². The van der Waals surface area contributed by atoms with E-state index in [9.17, 15) is 0 Å². The third kappa shape index (κ3) is 0.697. The van der Waals surface area contributed by atoms with Gasteiger partial charge in [-0.3, -0.25) is 0 Å². The lowest BCUT2D eigenvalue weighted by molar-refractivity contribution is 0.887. The summed E-state index contributed by atoms with van der Waals surface area (Å²) in [7, 11) is 5.71. The number of aromatic amines is 1. The average molecular weight is 117 g/mol. The number of hydrogen-bond acceptors (Lipinski definition) is 0. The zero-order chi connectivity index (χ0) is 6.27. The van der Waals surface area contributed by atoms with E-state index in [0.717, 1.165) is 12.8 Å². The van der Waals surface area contributed by atoms with E-state index in [1.165, 1.54) is 11.3 Å². The molecule has 0 bridgehead atoms. The highest BCUT2D eigenvalue weighted by Crippen LogP contribution is 2.26. The van der Waals surface area contributed by atoms with Crippen LogP contribution in [0.2, 0.25) is 5.82 Å². The minimum Gasteiger partial charge on any atom is -0.365 e. The summed E-state index contributed by atoms with van der Waals surface area (Å²) in [6.07, 6.45) is 4.07. The van der Waals surface area contributed by atoms with Gasteiger partial charge in [0.05, 0.1) is 7.85 Å². The summed E-state index contributed by atoms with van der Waals surface area (Å²) in [5, 5.41) is 0. The fourth-order valence-electron chi connectivity index (χ4n) is 1.43. The Labute approximate surface area is 55.9 Å². The Balaban J connectivity index is 2.39. The summed E-state index contributed by atoms with van der Waals surface area (Å²) in [6.45, 7) is 0. The molecule has 0 amide bonds. The second-order valence-electron chi connectivity index (χ2n) is 2.65. The zero-order valence-electron chi connectivity index (χ0n) is 5.22. The molecule has 1 aromatic heterocycles. The van der Waals surface area contributed by atoms with Gasteiger partial charge < -0.3 is 4.98 Å². The zero-order valence-corrected chi connectivity index (χ0v) is 5.22. The molecule has 1 aromatic rings. The molecule has 0 saturated heterocycles. The van der Waals surface area contributed by atoms with Crippen molar-refractivity contribution in [1.29, 1.82) is 0 Å². The van der Waals surface area contributed by atoms with E-state index in [4.69, 9.17) is 7.85 Å². The number of fused-ring (bicyclic) bond motifs is 1. The molecule has 1 unspecified atom stereocenters. The molecule has 2 heteroatoms. The van der Waals surface area contributed by atoms with Crippen molar-refractivity contribution in [3.63, 3.8) is 0 Å². The number of aromatic nitrogens is 1. The minimum atomic E-state index is 0.368. The largest absolute Gasteiger partial charge is 0.365 e. The average Bonchev–Trinajstić information content (AvgIpc) is 2.22. The van der Waals surface area contributed by atoms with E-state index in [2.05, 4.69) is 11.1 Å². The number of hydrogen-bond donors (Lipinski definition) is 1. The van der Waals surface area contributed by atoms with Gasteiger partial charge >= 0.3 is 0 Å². The van der Waals surface area contributed by atoms with Crippen molar-refractivity contribution in [2.45, 2.75) is 18.7 Å². The molecule has 0 fully saturated rings. The lowest BCUT2D eigenvalue weighted by Gasteiger charge is -1.94. The van der Waals surface area contributed by atoms with E-state index < -0.39 is 0 Å². The molecule has 1 heterocycles. The maximum atomic E-state index is 5.71. The number of rotatable bonds is 0. The summed E-state index contributed by atoms with van der Waals surface area (Å²) in [5.74, 6) is 0.368. The molecule has 1 aliphatic rings. The number of nitrogens with one attached hydrogen (secondary N) is 1. The van der Waals surface area contributed by atoms with Crippen molar-refractivity contribution in [2.24, 2.45) is 0 Å². The van der Waals surface area contributed by atoms with Crippen LogP contribution in [0.15, 0.2) is 12.3 Å². The van der Waals surface area contributed by atoms with Gasteiger partial charge in [0.1, 0.15) is 0 Å². The molecule has 1 aliphatic carbocycles.